The molecule has 1 fully saturated rings. The van der Waals surface area contributed by atoms with Gasteiger partial charge in [0.25, 0.3) is 5.91 Å². The molecule has 2 aromatic carbocycles. The molecule has 0 saturated carbocycles. The normalized spacial score (nSPS) is 14.6. The fourth-order valence-electron chi connectivity index (χ4n) is 3.12. The van der Waals surface area contributed by atoms with E-state index < -0.39 is 0 Å². The summed E-state index contributed by atoms with van der Waals surface area (Å²) in [6.45, 7) is 7.26. The second-order valence-corrected chi connectivity index (χ2v) is 8.15. The number of likely N-dealkylation sites (N-methyl/N-ethyl adjacent to an activating group) is 1. The molecule has 2 N–H and O–H groups in total. The molecule has 0 radical (unpaired) electrons. The Morgan fingerprint density at radius 1 is 1.18 bits per heavy atom. The highest BCUT2D eigenvalue weighted by Gasteiger charge is 2.18. The molecule has 1 saturated heterocycles. The minimum atomic E-state index is -0.276. The highest BCUT2D eigenvalue weighted by Crippen LogP contribution is 2.29. The smallest absolute Gasteiger partial charge is 0.258 e. The topological polar surface area (TPSA) is 47.6 Å². The number of hydrogen-bond donors (Lipinski definition) is 2. The van der Waals surface area contributed by atoms with Crippen molar-refractivity contribution < 1.29 is 4.79 Å². The van der Waals surface area contributed by atoms with Gasteiger partial charge in [-0.15, -0.1) is 0 Å². The van der Waals surface area contributed by atoms with Crippen molar-refractivity contribution in [2.45, 2.75) is 6.92 Å². The van der Waals surface area contributed by atoms with E-state index in [-0.39, 0.29) is 11.0 Å². The van der Waals surface area contributed by atoms with Crippen molar-refractivity contribution in [1.82, 2.24) is 10.2 Å². The molecule has 28 heavy (non-hydrogen) atoms. The number of anilines is 2. The molecule has 3 rings (SSSR count). The van der Waals surface area contributed by atoms with Crippen LogP contribution in [0.25, 0.3) is 0 Å². The Morgan fingerprint density at radius 2 is 1.89 bits per heavy atom. The third-order valence-electron chi connectivity index (χ3n) is 4.71. The van der Waals surface area contributed by atoms with E-state index in [0.29, 0.717) is 15.1 Å². The van der Waals surface area contributed by atoms with Crippen LogP contribution in [0, 0.1) is 0 Å². The molecule has 0 aromatic heterocycles. The average Bonchev–Trinajstić information content (AvgIpc) is 2.68. The third-order valence-corrected chi connectivity index (χ3v) is 5.91. The summed E-state index contributed by atoms with van der Waals surface area (Å²) < 4.78 is 0.714. The van der Waals surface area contributed by atoms with Gasteiger partial charge in [0, 0.05) is 36.3 Å². The molecule has 1 aliphatic heterocycles. The average molecular weight is 482 g/mol. The number of rotatable bonds is 4. The second kappa shape index (κ2) is 9.69. The molecule has 0 aliphatic carbocycles. The molecule has 0 spiro atoms. The number of piperazine rings is 1. The van der Waals surface area contributed by atoms with Crippen LogP contribution in [0.1, 0.15) is 17.3 Å². The van der Waals surface area contributed by atoms with Crippen molar-refractivity contribution in [3.8, 4) is 0 Å². The minimum absolute atomic E-state index is 0.223. The van der Waals surface area contributed by atoms with E-state index in [1.54, 1.807) is 12.1 Å². The first kappa shape index (κ1) is 21.0. The number of hydrogen-bond acceptors (Lipinski definition) is 4. The highest BCUT2D eigenvalue weighted by atomic mass is 79.9. The van der Waals surface area contributed by atoms with E-state index in [9.17, 15) is 4.79 Å². The Balaban J connectivity index is 1.60. The van der Waals surface area contributed by atoms with Crippen molar-refractivity contribution in [2.24, 2.45) is 0 Å². The molecule has 5 nitrogen and oxygen atoms in total. The monoisotopic (exact) mass is 480 g/mol. The first-order valence-corrected chi connectivity index (χ1v) is 10.7. The van der Waals surface area contributed by atoms with E-state index in [2.05, 4.69) is 43.3 Å². The maximum Gasteiger partial charge on any atom is 0.258 e. The summed E-state index contributed by atoms with van der Waals surface area (Å²) in [7, 11) is 0. The number of thiocarbonyl (C=S) groups is 1. The van der Waals surface area contributed by atoms with Gasteiger partial charge in [0.1, 0.15) is 0 Å². The second-order valence-electron chi connectivity index (χ2n) is 6.48. The molecule has 2 aromatic rings. The SMILES string of the molecule is CCN1CCN(c2ccc(NC(=S)NC(=O)c3ccccc3Br)cc2Cl)CC1. The van der Waals surface area contributed by atoms with Gasteiger partial charge in [0.15, 0.2) is 5.11 Å². The first-order valence-electron chi connectivity index (χ1n) is 9.11. The van der Waals surface area contributed by atoms with Crippen LogP contribution < -0.4 is 15.5 Å². The lowest BCUT2D eigenvalue weighted by Gasteiger charge is -2.36. The Hall–Kier alpha value is -1.67. The van der Waals surface area contributed by atoms with Gasteiger partial charge in [-0.1, -0.05) is 30.7 Å². The summed E-state index contributed by atoms with van der Waals surface area (Å²) in [5, 5.41) is 6.59. The number of benzene rings is 2. The van der Waals surface area contributed by atoms with Crippen molar-refractivity contribution in [3.63, 3.8) is 0 Å². The maximum absolute atomic E-state index is 12.3. The van der Waals surface area contributed by atoms with Crippen LogP contribution >= 0.6 is 39.7 Å². The lowest BCUT2D eigenvalue weighted by Crippen LogP contribution is -2.46. The Kier molecular flexibility index (Phi) is 7.29. The predicted octanol–water partition coefficient (Wildman–Crippen LogP) is 4.37. The molecule has 1 heterocycles. The maximum atomic E-state index is 12.3. The number of halogens is 2. The van der Waals surface area contributed by atoms with E-state index >= 15 is 0 Å². The predicted molar refractivity (Wildman–Crippen MR) is 124 cm³/mol. The number of carbonyl (C=O) groups is 1. The van der Waals surface area contributed by atoms with Crippen LogP contribution in [0.4, 0.5) is 11.4 Å². The fraction of sp³-hybridized carbons (Fsp3) is 0.300. The minimum Gasteiger partial charge on any atom is -0.368 e. The Bertz CT molecular complexity index is 871. The largest absolute Gasteiger partial charge is 0.368 e. The van der Waals surface area contributed by atoms with Gasteiger partial charge < -0.3 is 15.1 Å². The molecule has 0 atom stereocenters. The lowest BCUT2D eigenvalue weighted by molar-refractivity contribution is 0.0977. The number of nitrogens with one attached hydrogen (secondary N) is 2. The van der Waals surface area contributed by atoms with Gasteiger partial charge >= 0.3 is 0 Å². The molecular weight excluding hydrogens is 460 g/mol. The van der Waals surface area contributed by atoms with Crippen molar-refractivity contribution in [3.05, 3.63) is 57.5 Å². The molecule has 0 unspecified atom stereocenters. The molecule has 1 aliphatic rings. The van der Waals surface area contributed by atoms with Gasteiger partial charge in [-0.05, 0) is 65.0 Å². The molecular formula is C20H22BrClN4OS. The fourth-order valence-corrected chi connectivity index (χ4v) is 4.10. The van der Waals surface area contributed by atoms with Crippen molar-refractivity contribution in [2.75, 3.05) is 42.9 Å². The van der Waals surface area contributed by atoms with Crippen molar-refractivity contribution in [1.29, 1.82) is 0 Å². The van der Waals surface area contributed by atoms with Crippen LogP contribution in [0.5, 0.6) is 0 Å². The Labute approximate surface area is 184 Å². The zero-order valence-electron chi connectivity index (χ0n) is 15.5. The van der Waals surface area contributed by atoms with Crippen molar-refractivity contribution >= 4 is 62.1 Å². The van der Waals surface area contributed by atoms with E-state index in [1.165, 1.54) is 0 Å². The van der Waals surface area contributed by atoms with Crippen LogP contribution in [-0.4, -0.2) is 48.6 Å². The van der Waals surface area contributed by atoms with Gasteiger partial charge in [0.2, 0.25) is 0 Å². The zero-order chi connectivity index (χ0) is 20.1. The lowest BCUT2D eigenvalue weighted by atomic mass is 10.2. The van der Waals surface area contributed by atoms with E-state index in [4.69, 9.17) is 23.8 Å². The highest BCUT2D eigenvalue weighted by molar-refractivity contribution is 9.10. The number of carbonyl (C=O) groups excluding carboxylic acids is 1. The van der Waals surface area contributed by atoms with Gasteiger partial charge in [0.05, 0.1) is 16.3 Å². The number of amides is 1. The van der Waals surface area contributed by atoms with Gasteiger partial charge in [-0.25, -0.2) is 0 Å². The van der Waals surface area contributed by atoms with Crippen LogP contribution in [0.15, 0.2) is 46.9 Å². The van der Waals surface area contributed by atoms with Gasteiger partial charge in [-0.3, -0.25) is 10.1 Å². The Morgan fingerprint density at radius 3 is 2.54 bits per heavy atom. The standard InChI is InChI=1S/C20H22BrClN4OS/c1-2-25-9-11-26(12-10-25)18-8-7-14(13-17(18)22)23-20(28)24-19(27)15-5-3-4-6-16(15)21/h3-8,13H,2,9-12H2,1H3,(H2,23,24,27,28). The quantitative estimate of drug-likeness (QED) is 0.635. The van der Waals surface area contributed by atoms with Crippen LogP contribution in [0.2, 0.25) is 5.02 Å². The van der Waals surface area contributed by atoms with E-state index in [1.807, 2.05) is 30.3 Å². The molecule has 1 amide bonds. The van der Waals surface area contributed by atoms with E-state index in [0.717, 1.165) is 44.1 Å². The molecule has 0 bridgehead atoms. The number of nitrogens with zero attached hydrogens (tertiary/aromatic N) is 2. The van der Waals surface area contributed by atoms with Crippen LogP contribution in [0.3, 0.4) is 0 Å². The van der Waals surface area contributed by atoms with Gasteiger partial charge in [-0.2, -0.15) is 0 Å². The summed E-state index contributed by atoms with van der Waals surface area (Å²) in [6, 6.07) is 12.9. The summed E-state index contributed by atoms with van der Waals surface area (Å²) >= 11 is 15.1. The third kappa shape index (κ3) is 5.23. The van der Waals surface area contributed by atoms with Crippen LogP contribution in [-0.2, 0) is 0 Å². The zero-order valence-corrected chi connectivity index (χ0v) is 18.7. The summed E-state index contributed by atoms with van der Waals surface area (Å²) in [5.74, 6) is -0.276. The summed E-state index contributed by atoms with van der Waals surface area (Å²) in [5.41, 5.74) is 2.27. The first-order chi connectivity index (χ1) is 13.5. The molecule has 8 heteroatoms. The summed E-state index contributed by atoms with van der Waals surface area (Å²) in [4.78, 5) is 17.1. The summed E-state index contributed by atoms with van der Waals surface area (Å²) in [6.07, 6.45) is 0. The molecule has 148 valence electrons.